The number of anilines is 3. The highest BCUT2D eigenvalue weighted by atomic mass is 16.5. The van der Waals surface area contributed by atoms with Crippen LogP contribution in [0.5, 0.6) is 23.0 Å². The zero-order valence-corrected chi connectivity index (χ0v) is 32.9. The van der Waals surface area contributed by atoms with Crippen LogP contribution in [0.4, 0.5) is 17.1 Å². The minimum Gasteiger partial charge on any atom is -0.493 e. The fourth-order valence-corrected chi connectivity index (χ4v) is 8.68. The van der Waals surface area contributed by atoms with E-state index >= 15 is 0 Å². The summed E-state index contributed by atoms with van der Waals surface area (Å²) in [5.41, 5.74) is 17.8. The molecule has 0 fully saturated rings. The van der Waals surface area contributed by atoms with Crippen molar-refractivity contribution in [1.29, 1.82) is 0 Å². The molecule has 0 aliphatic heterocycles. The van der Waals surface area contributed by atoms with Gasteiger partial charge in [-0.05, 0) is 152 Å². The van der Waals surface area contributed by atoms with Crippen LogP contribution in [0.15, 0.2) is 97.1 Å². The highest BCUT2D eigenvalue weighted by Gasteiger charge is 2.53. The Morgan fingerprint density at radius 1 is 0.481 bits per heavy atom. The van der Waals surface area contributed by atoms with Crippen LogP contribution in [0.25, 0.3) is 33.4 Å². The van der Waals surface area contributed by atoms with E-state index in [0.717, 1.165) is 44.9 Å². The Morgan fingerprint density at radius 3 is 1.43 bits per heavy atom. The first-order valence-electron chi connectivity index (χ1n) is 18.5. The molecule has 0 saturated carbocycles. The SMILES string of the molecule is CNc1ccc(-c2ccc(Nc3ccc4c(c3)C3(c5cc(C(C)(C)C)ccc5-c5cc(OC)c(OC)cc53)c3cc(OC)c(OC)cc3-4)c(C)c2)cc1C. The molecule has 0 aromatic heterocycles. The molecule has 2 aliphatic carbocycles. The first kappa shape index (κ1) is 35.2. The third-order valence-electron chi connectivity index (χ3n) is 11.5. The maximum absolute atomic E-state index is 5.99. The lowest BCUT2D eigenvalue weighted by Gasteiger charge is -2.32. The van der Waals surface area contributed by atoms with Crippen LogP contribution in [0, 0.1) is 13.8 Å². The van der Waals surface area contributed by atoms with Crippen LogP contribution in [0.2, 0.25) is 0 Å². The van der Waals surface area contributed by atoms with Crippen LogP contribution < -0.4 is 29.6 Å². The number of nitrogens with one attached hydrogen (secondary N) is 2. The van der Waals surface area contributed by atoms with Crippen LogP contribution in [-0.4, -0.2) is 35.5 Å². The van der Waals surface area contributed by atoms with Crippen molar-refractivity contribution >= 4 is 17.1 Å². The molecule has 2 N–H and O–H groups in total. The third-order valence-corrected chi connectivity index (χ3v) is 11.5. The molecule has 6 heteroatoms. The summed E-state index contributed by atoms with van der Waals surface area (Å²) >= 11 is 0. The number of hydrogen-bond donors (Lipinski definition) is 2. The van der Waals surface area contributed by atoms with Crippen molar-refractivity contribution in [2.75, 3.05) is 46.1 Å². The van der Waals surface area contributed by atoms with Gasteiger partial charge in [0, 0.05) is 24.1 Å². The van der Waals surface area contributed by atoms with Crippen molar-refractivity contribution in [3.63, 3.8) is 0 Å². The molecule has 6 aromatic carbocycles. The fourth-order valence-electron chi connectivity index (χ4n) is 8.68. The Hall–Kier alpha value is -5.88. The summed E-state index contributed by atoms with van der Waals surface area (Å²) in [4.78, 5) is 0. The molecule has 1 atom stereocenters. The van der Waals surface area contributed by atoms with Gasteiger partial charge in [0.1, 0.15) is 0 Å². The van der Waals surface area contributed by atoms with Gasteiger partial charge in [-0.1, -0.05) is 57.2 Å². The highest BCUT2D eigenvalue weighted by molar-refractivity contribution is 5.97. The molecule has 8 rings (SSSR count). The van der Waals surface area contributed by atoms with Crippen LogP contribution in [0.1, 0.15) is 59.7 Å². The number of hydrogen-bond acceptors (Lipinski definition) is 6. The minimum atomic E-state index is -0.677. The van der Waals surface area contributed by atoms with Crippen molar-refractivity contribution in [2.24, 2.45) is 0 Å². The zero-order valence-electron chi connectivity index (χ0n) is 32.9. The lowest BCUT2D eigenvalue weighted by Crippen LogP contribution is -2.27. The van der Waals surface area contributed by atoms with Gasteiger partial charge in [0.2, 0.25) is 0 Å². The smallest absolute Gasteiger partial charge is 0.161 e. The van der Waals surface area contributed by atoms with E-state index in [0.29, 0.717) is 23.0 Å². The molecule has 0 heterocycles. The van der Waals surface area contributed by atoms with Crippen molar-refractivity contribution in [1.82, 2.24) is 0 Å². The molecule has 6 aromatic rings. The van der Waals surface area contributed by atoms with Gasteiger partial charge in [-0.3, -0.25) is 0 Å². The topological polar surface area (TPSA) is 61.0 Å². The van der Waals surface area contributed by atoms with Crippen LogP contribution >= 0.6 is 0 Å². The Morgan fingerprint density at radius 2 is 0.944 bits per heavy atom. The molecule has 0 saturated heterocycles. The van der Waals surface area contributed by atoms with Crippen LogP contribution in [0.3, 0.4) is 0 Å². The standard InChI is InChI=1S/C48H48N2O4/c1-27-19-29(11-17-41(27)49-6)30-12-18-42(28(2)20-30)50-32-14-16-34-36-24-44(52-8)46(54-10)26-40(36)48(38(34)22-32)37-21-31(47(3,4)5)13-15-33(37)35-23-43(51-7)45(53-9)25-39(35)48/h11-26,49-50H,1-10H3. The normalized spacial score (nSPS) is 14.9. The molecular formula is C48H48N2O4. The second-order valence-corrected chi connectivity index (χ2v) is 15.5. The Balaban J connectivity index is 1.35. The van der Waals surface area contributed by atoms with E-state index in [2.05, 4.69) is 142 Å². The van der Waals surface area contributed by atoms with Gasteiger partial charge in [0.15, 0.2) is 23.0 Å². The fraction of sp³-hybridized carbons (Fsp3) is 0.250. The highest BCUT2D eigenvalue weighted by Crippen LogP contribution is 2.65. The van der Waals surface area contributed by atoms with Gasteiger partial charge in [0.05, 0.1) is 33.9 Å². The maximum Gasteiger partial charge on any atom is 0.161 e. The summed E-state index contributed by atoms with van der Waals surface area (Å²) in [5, 5.41) is 7.08. The van der Waals surface area contributed by atoms with Crippen LogP contribution in [-0.2, 0) is 10.8 Å². The second-order valence-electron chi connectivity index (χ2n) is 15.5. The third kappa shape index (κ3) is 5.22. The lowest BCUT2D eigenvalue weighted by atomic mass is 9.69. The van der Waals surface area contributed by atoms with Gasteiger partial charge in [-0.25, -0.2) is 0 Å². The number of benzene rings is 6. The van der Waals surface area contributed by atoms with E-state index in [9.17, 15) is 0 Å². The molecule has 54 heavy (non-hydrogen) atoms. The van der Waals surface area contributed by atoms with Crippen molar-refractivity contribution in [2.45, 2.75) is 45.4 Å². The predicted molar refractivity (Wildman–Crippen MR) is 222 cm³/mol. The zero-order chi connectivity index (χ0) is 38.1. The molecule has 1 unspecified atom stereocenters. The summed E-state index contributed by atoms with van der Waals surface area (Å²) in [7, 11) is 8.76. The number of rotatable bonds is 8. The second kappa shape index (κ2) is 12.9. The molecule has 2 aliphatic rings. The molecule has 274 valence electrons. The molecular weight excluding hydrogens is 669 g/mol. The first-order valence-corrected chi connectivity index (χ1v) is 18.5. The van der Waals surface area contributed by atoms with Crippen molar-refractivity contribution < 1.29 is 18.9 Å². The minimum absolute atomic E-state index is 0.0665. The largest absolute Gasteiger partial charge is 0.493 e. The van der Waals surface area contributed by atoms with E-state index in [1.54, 1.807) is 28.4 Å². The Kier molecular flexibility index (Phi) is 8.41. The maximum atomic E-state index is 5.99. The lowest BCUT2D eigenvalue weighted by molar-refractivity contribution is 0.354. The summed E-state index contributed by atoms with van der Waals surface area (Å²) < 4.78 is 23.8. The number of fused-ring (bicyclic) bond motifs is 10. The molecule has 0 amide bonds. The van der Waals surface area contributed by atoms with Gasteiger partial charge >= 0.3 is 0 Å². The molecule has 0 bridgehead atoms. The van der Waals surface area contributed by atoms with Gasteiger partial charge in [-0.15, -0.1) is 0 Å². The van der Waals surface area contributed by atoms with Crippen molar-refractivity contribution in [3.8, 4) is 56.4 Å². The van der Waals surface area contributed by atoms with E-state index in [4.69, 9.17) is 18.9 Å². The van der Waals surface area contributed by atoms with E-state index in [1.165, 1.54) is 44.5 Å². The predicted octanol–water partition coefficient (Wildman–Crippen LogP) is 11.4. The van der Waals surface area contributed by atoms with E-state index < -0.39 is 5.41 Å². The monoisotopic (exact) mass is 716 g/mol. The molecule has 0 radical (unpaired) electrons. The summed E-state index contributed by atoms with van der Waals surface area (Å²) in [5.74, 6) is 2.78. The number of ether oxygens (including phenoxy) is 4. The van der Waals surface area contributed by atoms with Gasteiger partial charge in [-0.2, -0.15) is 0 Å². The van der Waals surface area contributed by atoms with Crippen molar-refractivity contribution in [3.05, 3.63) is 136 Å². The Labute approximate surface area is 319 Å². The molecule has 1 spiro atoms. The average molecular weight is 717 g/mol. The average Bonchev–Trinajstić information content (AvgIpc) is 3.62. The Bertz CT molecular complexity index is 2460. The number of aryl methyl sites for hydroxylation is 2. The first-order chi connectivity index (χ1) is 26.0. The van der Waals surface area contributed by atoms with Gasteiger partial charge < -0.3 is 29.6 Å². The van der Waals surface area contributed by atoms with Gasteiger partial charge in [0.25, 0.3) is 0 Å². The summed E-state index contributed by atoms with van der Waals surface area (Å²) in [6.07, 6.45) is 0. The summed E-state index contributed by atoms with van der Waals surface area (Å²) in [6.45, 7) is 11.1. The van der Waals surface area contributed by atoms with E-state index in [1.807, 2.05) is 7.05 Å². The van der Waals surface area contributed by atoms with E-state index in [-0.39, 0.29) is 5.41 Å². The summed E-state index contributed by atoms with van der Waals surface area (Å²) in [6, 6.07) is 35.6. The molecule has 6 nitrogen and oxygen atoms in total. The quantitative estimate of drug-likeness (QED) is 0.163. The number of methoxy groups -OCH3 is 4.